The van der Waals surface area contributed by atoms with Crippen LogP contribution in [0.25, 0.3) is 0 Å². The Bertz CT molecular complexity index is 576. The first kappa shape index (κ1) is 15.8. The molecule has 0 atom stereocenters. The van der Waals surface area contributed by atoms with E-state index < -0.39 is 5.97 Å². The first-order chi connectivity index (χ1) is 11.1. The van der Waals surface area contributed by atoms with Gasteiger partial charge in [0.15, 0.2) is 0 Å². The van der Waals surface area contributed by atoms with E-state index in [4.69, 9.17) is 5.11 Å². The van der Waals surface area contributed by atoms with Crippen LogP contribution in [0, 0.1) is 5.41 Å². The third-order valence-electron chi connectivity index (χ3n) is 5.28. The highest BCUT2D eigenvalue weighted by Gasteiger charge is 2.40. The number of nitrogens with one attached hydrogen (secondary N) is 1. The minimum Gasteiger partial charge on any atom is -0.478 e. The number of carboxylic acids is 1. The summed E-state index contributed by atoms with van der Waals surface area (Å²) in [7, 11) is 0. The second-order valence-electron chi connectivity index (χ2n) is 6.89. The highest BCUT2D eigenvalue weighted by atomic mass is 16.4. The zero-order valence-corrected chi connectivity index (χ0v) is 13.4. The van der Waals surface area contributed by atoms with Crippen LogP contribution in [0.3, 0.4) is 0 Å². The molecular formula is C18H24N2O3. The predicted octanol–water partition coefficient (Wildman–Crippen LogP) is 3.25. The van der Waals surface area contributed by atoms with Gasteiger partial charge in [-0.2, -0.15) is 0 Å². The number of carbonyl (C=O) groups is 2. The van der Waals surface area contributed by atoms with Crippen LogP contribution in [0.2, 0.25) is 0 Å². The molecule has 1 aromatic carbocycles. The molecule has 2 amide bonds. The Balaban J connectivity index is 1.50. The van der Waals surface area contributed by atoms with Crippen LogP contribution in [0.15, 0.2) is 24.3 Å². The largest absolute Gasteiger partial charge is 0.478 e. The van der Waals surface area contributed by atoms with E-state index in [2.05, 4.69) is 5.32 Å². The van der Waals surface area contributed by atoms with Crippen molar-refractivity contribution in [3.8, 4) is 0 Å². The van der Waals surface area contributed by atoms with Gasteiger partial charge in [0.05, 0.1) is 5.56 Å². The zero-order chi connectivity index (χ0) is 16.3. The maximum atomic E-state index is 12.3. The van der Waals surface area contributed by atoms with Crippen molar-refractivity contribution in [3.63, 3.8) is 0 Å². The van der Waals surface area contributed by atoms with Gasteiger partial charge >= 0.3 is 12.0 Å². The summed E-state index contributed by atoms with van der Waals surface area (Å²) in [5, 5.41) is 11.8. The predicted molar refractivity (Wildman–Crippen MR) is 87.3 cm³/mol. The van der Waals surface area contributed by atoms with E-state index in [1.54, 1.807) is 24.3 Å². The van der Waals surface area contributed by atoms with Gasteiger partial charge in [0.25, 0.3) is 0 Å². The average molecular weight is 316 g/mol. The number of benzene rings is 1. The van der Waals surface area contributed by atoms with Gasteiger partial charge in [-0.3, -0.25) is 0 Å². The molecule has 124 valence electrons. The van der Waals surface area contributed by atoms with E-state index in [0.29, 0.717) is 12.0 Å². The molecule has 0 unspecified atom stereocenters. The van der Waals surface area contributed by atoms with Crippen molar-refractivity contribution in [1.29, 1.82) is 0 Å². The fraction of sp³-hybridized carbons (Fsp3) is 0.556. The number of carbonyl (C=O) groups excluding carboxylic acids is 1. The molecule has 1 saturated carbocycles. The normalized spacial score (nSPS) is 19.7. The van der Waals surface area contributed by atoms with Crippen LogP contribution in [0.5, 0.6) is 0 Å². The summed E-state index contributed by atoms with van der Waals surface area (Å²) in [4.78, 5) is 25.1. The van der Waals surface area contributed by atoms with Crippen molar-refractivity contribution in [3.05, 3.63) is 35.4 Å². The lowest BCUT2D eigenvalue weighted by molar-refractivity contribution is 0.0697. The van der Waals surface area contributed by atoms with Gasteiger partial charge in [-0.25, -0.2) is 9.59 Å². The molecule has 0 radical (unpaired) electrons. The molecule has 23 heavy (non-hydrogen) atoms. The number of hydrogen-bond acceptors (Lipinski definition) is 2. The first-order valence-electron chi connectivity index (χ1n) is 8.43. The lowest BCUT2D eigenvalue weighted by Crippen LogP contribution is -2.39. The summed E-state index contributed by atoms with van der Waals surface area (Å²) in [5.74, 6) is -0.935. The van der Waals surface area contributed by atoms with E-state index in [1.165, 1.54) is 32.1 Å². The Hall–Kier alpha value is -2.04. The van der Waals surface area contributed by atoms with E-state index >= 15 is 0 Å². The minimum absolute atomic E-state index is 0.00485. The van der Waals surface area contributed by atoms with E-state index in [9.17, 15) is 9.59 Å². The molecule has 0 bridgehead atoms. The number of rotatable bonds is 3. The number of likely N-dealkylation sites (tertiary alicyclic amines) is 1. The van der Waals surface area contributed by atoms with Crippen LogP contribution in [-0.2, 0) is 6.54 Å². The summed E-state index contributed by atoms with van der Waals surface area (Å²) in [6.07, 6.45) is 7.58. The molecule has 5 heteroatoms. The van der Waals surface area contributed by atoms with Crippen molar-refractivity contribution in [2.45, 2.75) is 45.1 Å². The third kappa shape index (κ3) is 3.66. The van der Waals surface area contributed by atoms with Gasteiger partial charge in [-0.15, -0.1) is 0 Å². The molecule has 5 nitrogen and oxygen atoms in total. The van der Waals surface area contributed by atoms with Crippen LogP contribution in [0.4, 0.5) is 4.79 Å². The SMILES string of the molecule is O=C(O)c1ccc(CNC(=O)N2CCC3(CCCCC3)C2)cc1. The molecule has 2 fully saturated rings. The Morgan fingerprint density at radius 1 is 1.09 bits per heavy atom. The number of aromatic carboxylic acids is 1. The van der Waals surface area contributed by atoms with Gasteiger partial charge in [0.1, 0.15) is 0 Å². The number of nitrogens with zero attached hydrogens (tertiary/aromatic N) is 1. The molecule has 1 aliphatic heterocycles. The smallest absolute Gasteiger partial charge is 0.335 e. The second-order valence-corrected chi connectivity index (χ2v) is 6.89. The maximum Gasteiger partial charge on any atom is 0.335 e. The maximum absolute atomic E-state index is 12.3. The van der Waals surface area contributed by atoms with Crippen molar-refractivity contribution in [2.75, 3.05) is 13.1 Å². The molecule has 1 heterocycles. The summed E-state index contributed by atoms with van der Waals surface area (Å²) >= 11 is 0. The van der Waals surface area contributed by atoms with Crippen LogP contribution in [0.1, 0.15) is 54.4 Å². The Labute approximate surface area is 136 Å². The lowest BCUT2D eigenvalue weighted by Gasteiger charge is -2.33. The van der Waals surface area contributed by atoms with Gasteiger partial charge in [-0.1, -0.05) is 31.4 Å². The summed E-state index contributed by atoms with van der Waals surface area (Å²) in [6.45, 7) is 2.17. The molecule has 2 aliphatic rings. The molecule has 2 N–H and O–H groups in total. The van der Waals surface area contributed by atoms with E-state index in [-0.39, 0.29) is 11.6 Å². The highest BCUT2D eigenvalue weighted by molar-refractivity contribution is 5.87. The van der Waals surface area contributed by atoms with Gasteiger partial charge < -0.3 is 15.3 Å². The highest BCUT2D eigenvalue weighted by Crippen LogP contribution is 2.43. The van der Waals surface area contributed by atoms with Gasteiger partial charge in [-0.05, 0) is 42.4 Å². The summed E-state index contributed by atoms with van der Waals surface area (Å²) in [5.41, 5.74) is 1.55. The van der Waals surface area contributed by atoms with Gasteiger partial charge in [0.2, 0.25) is 0 Å². The molecule has 0 aromatic heterocycles. The van der Waals surface area contributed by atoms with E-state index in [1.807, 2.05) is 4.90 Å². The zero-order valence-electron chi connectivity index (χ0n) is 13.4. The number of hydrogen-bond donors (Lipinski definition) is 2. The van der Waals surface area contributed by atoms with Crippen LogP contribution in [-0.4, -0.2) is 35.1 Å². The second kappa shape index (κ2) is 6.60. The molecule has 1 spiro atoms. The van der Waals surface area contributed by atoms with Crippen molar-refractivity contribution >= 4 is 12.0 Å². The van der Waals surface area contributed by atoms with E-state index in [0.717, 1.165) is 25.1 Å². The van der Waals surface area contributed by atoms with Crippen LogP contribution >= 0.6 is 0 Å². The fourth-order valence-electron chi connectivity index (χ4n) is 3.87. The molecule has 1 saturated heterocycles. The molecule has 3 rings (SSSR count). The number of amides is 2. The van der Waals surface area contributed by atoms with Crippen molar-refractivity contribution in [2.24, 2.45) is 5.41 Å². The number of urea groups is 1. The molecule has 1 aromatic rings. The molecule has 1 aliphatic carbocycles. The van der Waals surface area contributed by atoms with Crippen molar-refractivity contribution < 1.29 is 14.7 Å². The lowest BCUT2D eigenvalue weighted by atomic mass is 9.73. The quantitative estimate of drug-likeness (QED) is 0.899. The Morgan fingerprint density at radius 2 is 1.78 bits per heavy atom. The Kier molecular flexibility index (Phi) is 4.55. The van der Waals surface area contributed by atoms with Crippen LogP contribution < -0.4 is 5.32 Å². The summed E-state index contributed by atoms with van der Waals surface area (Å²) in [6, 6.07) is 6.62. The third-order valence-corrected chi connectivity index (χ3v) is 5.28. The monoisotopic (exact) mass is 316 g/mol. The topological polar surface area (TPSA) is 69.6 Å². The minimum atomic E-state index is -0.935. The van der Waals surface area contributed by atoms with Crippen molar-refractivity contribution in [1.82, 2.24) is 10.2 Å². The first-order valence-corrected chi connectivity index (χ1v) is 8.43. The molecular weight excluding hydrogens is 292 g/mol. The average Bonchev–Trinajstić information content (AvgIpc) is 2.97. The standard InChI is InChI=1S/C18H24N2O3/c21-16(22)15-6-4-14(5-7-15)12-19-17(23)20-11-10-18(13-20)8-2-1-3-9-18/h4-7H,1-3,8-13H2,(H,19,23)(H,21,22). The number of carboxylic acid groups (broad SMARTS) is 1. The summed E-state index contributed by atoms with van der Waals surface area (Å²) < 4.78 is 0. The Morgan fingerprint density at radius 3 is 2.43 bits per heavy atom. The van der Waals surface area contributed by atoms with Gasteiger partial charge in [0, 0.05) is 19.6 Å². The fourth-order valence-corrected chi connectivity index (χ4v) is 3.87.